The van der Waals surface area contributed by atoms with Crippen LogP contribution in [0, 0.1) is 0 Å². The molecule has 0 aliphatic carbocycles. The maximum absolute atomic E-state index is 12.6. The van der Waals surface area contributed by atoms with E-state index in [1.807, 2.05) is 84.9 Å². The number of likely N-dealkylation sites (tertiary alicyclic amines) is 1. The largest absolute Gasteiger partial charge is 0.445 e. The lowest BCUT2D eigenvalue weighted by atomic mass is 10.0. The number of nitrogens with one attached hydrogen (secondary N) is 1. The molecule has 158 valence electrons. The lowest BCUT2D eigenvalue weighted by Crippen LogP contribution is -2.46. The van der Waals surface area contributed by atoms with Gasteiger partial charge in [0, 0.05) is 24.7 Å². The standard InChI is InChI=1S/C26H26N2O3/c29-25(23-13-11-22(12-14-23)21-9-5-2-6-10-21)27-24-15-17-28(18-16-24)26(30)31-19-20-7-3-1-4-8-20/h1-14,24H,15-19H2,(H,27,29). The van der Waals surface area contributed by atoms with E-state index < -0.39 is 0 Å². The van der Waals surface area contributed by atoms with Gasteiger partial charge in [0.1, 0.15) is 6.61 Å². The van der Waals surface area contributed by atoms with Crippen LogP contribution in [0.25, 0.3) is 11.1 Å². The van der Waals surface area contributed by atoms with Gasteiger partial charge in [-0.15, -0.1) is 0 Å². The molecule has 3 aromatic rings. The first-order chi connectivity index (χ1) is 15.2. The number of carbonyl (C=O) groups excluding carboxylic acids is 2. The average molecular weight is 415 g/mol. The summed E-state index contributed by atoms with van der Waals surface area (Å²) in [5.41, 5.74) is 3.82. The lowest BCUT2D eigenvalue weighted by molar-refractivity contribution is 0.0809. The van der Waals surface area contributed by atoms with Gasteiger partial charge in [-0.25, -0.2) is 4.79 Å². The quantitative estimate of drug-likeness (QED) is 0.647. The van der Waals surface area contributed by atoms with E-state index in [0.29, 0.717) is 31.5 Å². The van der Waals surface area contributed by atoms with E-state index in [1.165, 1.54) is 0 Å². The first-order valence-corrected chi connectivity index (χ1v) is 10.6. The number of hydrogen-bond acceptors (Lipinski definition) is 3. The number of amides is 2. The molecule has 0 unspecified atom stereocenters. The van der Waals surface area contributed by atoms with Crippen molar-refractivity contribution in [3.8, 4) is 11.1 Å². The van der Waals surface area contributed by atoms with Crippen LogP contribution in [0.1, 0.15) is 28.8 Å². The Hall–Kier alpha value is -3.60. The van der Waals surface area contributed by atoms with Crippen molar-refractivity contribution in [1.82, 2.24) is 10.2 Å². The average Bonchev–Trinajstić information content (AvgIpc) is 2.84. The minimum Gasteiger partial charge on any atom is -0.445 e. The maximum atomic E-state index is 12.6. The highest BCUT2D eigenvalue weighted by atomic mass is 16.6. The summed E-state index contributed by atoms with van der Waals surface area (Å²) in [5.74, 6) is -0.0790. The van der Waals surface area contributed by atoms with Crippen molar-refractivity contribution in [2.24, 2.45) is 0 Å². The van der Waals surface area contributed by atoms with Crippen LogP contribution in [0.2, 0.25) is 0 Å². The third-order valence-electron chi connectivity index (χ3n) is 5.55. The van der Waals surface area contributed by atoms with Gasteiger partial charge in [0.15, 0.2) is 0 Å². The van der Waals surface area contributed by atoms with Crippen molar-refractivity contribution in [3.63, 3.8) is 0 Å². The Kier molecular flexibility index (Phi) is 6.62. The molecule has 31 heavy (non-hydrogen) atoms. The number of rotatable bonds is 5. The van der Waals surface area contributed by atoms with Gasteiger partial charge in [-0.05, 0) is 41.7 Å². The molecule has 0 spiro atoms. The van der Waals surface area contributed by atoms with Crippen molar-refractivity contribution < 1.29 is 14.3 Å². The number of piperidine rings is 1. The molecule has 0 radical (unpaired) electrons. The van der Waals surface area contributed by atoms with Gasteiger partial charge in [-0.2, -0.15) is 0 Å². The van der Waals surface area contributed by atoms with Crippen LogP contribution >= 0.6 is 0 Å². The van der Waals surface area contributed by atoms with E-state index in [0.717, 1.165) is 16.7 Å². The second-order valence-corrected chi connectivity index (χ2v) is 7.72. The first kappa shape index (κ1) is 20.7. The molecule has 1 fully saturated rings. The monoisotopic (exact) mass is 414 g/mol. The topological polar surface area (TPSA) is 58.6 Å². The molecule has 1 saturated heterocycles. The number of hydrogen-bond donors (Lipinski definition) is 1. The van der Waals surface area contributed by atoms with Gasteiger partial charge in [-0.1, -0.05) is 72.8 Å². The minimum atomic E-state index is -0.301. The SMILES string of the molecule is O=C(NC1CCN(C(=O)OCc2ccccc2)CC1)c1ccc(-c2ccccc2)cc1. The summed E-state index contributed by atoms with van der Waals surface area (Å²) in [6, 6.07) is 27.4. The van der Waals surface area contributed by atoms with E-state index in [-0.39, 0.29) is 24.6 Å². The maximum Gasteiger partial charge on any atom is 0.410 e. The second-order valence-electron chi connectivity index (χ2n) is 7.72. The third-order valence-corrected chi connectivity index (χ3v) is 5.55. The molecule has 0 saturated carbocycles. The van der Waals surface area contributed by atoms with Gasteiger partial charge in [-0.3, -0.25) is 4.79 Å². The molecule has 1 heterocycles. The predicted octanol–water partition coefficient (Wildman–Crippen LogP) is 4.88. The van der Waals surface area contributed by atoms with Gasteiger partial charge in [0.25, 0.3) is 5.91 Å². The summed E-state index contributed by atoms with van der Waals surface area (Å²) in [6.07, 6.45) is 1.13. The summed E-state index contributed by atoms with van der Waals surface area (Å²) >= 11 is 0. The molecule has 1 aliphatic rings. The number of benzene rings is 3. The highest BCUT2D eigenvalue weighted by Gasteiger charge is 2.25. The van der Waals surface area contributed by atoms with Crippen LogP contribution in [-0.4, -0.2) is 36.0 Å². The Bertz CT molecular complexity index is 996. The fourth-order valence-electron chi connectivity index (χ4n) is 3.73. The normalized spacial score (nSPS) is 14.1. The Morgan fingerprint density at radius 1 is 0.806 bits per heavy atom. The summed E-state index contributed by atoms with van der Waals surface area (Å²) < 4.78 is 5.40. The van der Waals surface area contributed by atoms with E-state index in [2.05, 4.69) is 5.32 Å². The highest BCUT2D eigenvalue weighted by Crippen LogP contribution is 2.20. The Balaban J connectivity index is 1.24. The summed E-state index contributed by atoms with van der Waals surface area (Å²) in [5, 5.41) is 3.09. The van der Waals surface area contributed by atoms with E-state index in [4.69, 9.17) is 4.74 Å². The third kappa shape index (κ3) is 5.51. The van der Waals surface area contributed by atoms with Crippen LogP contribution in [0.15, 0.2) is 84.9 Å². The highest BCUT2D eigenvalue weighted by molar-refractivity contribution is 5.94. The summed E-state index contributed by atoms with van der Waals surface area (Å²) in [6.45, 7) is 1.42. The van der Waals surface area contributed by atoms with Gasteiger partial charge in [0.05, 0.1) is 0 Å². The van der Waals surface area contributed by atoms with Crippen molar-refractivity contribution >= 4 is 12.0 Å². The van der Waals surface area contributed by atoms with Crippen LogP contribution in [0.3, 0.4) is 0 Å². The van der Waals surface area contributed by atoms with Crippen LogP contribution in [0.5, 0.6) is 0 Å². The second kappa shape index (κ2) is 9.94. The number of carbonyl (C=O) groups is 2. The molecule has 2 amide bonds. The van der Waals surface area contributed by atoms with Crippen LogP contribution in [0.4, 0.5) is 4.79 Å². The first-order valence-electron chi connectivity index (χ1n) is 10.6. The van der Waals surface area contributed by atoms with Crippen molar-refractivity contribution in [3.05, 3.63) is 96.1 Å². The van der Waals surface area contributed by atoms with Crippen molar-refractivity contribution in [1.29, 1.82) is 0 Å². The smallest absolute Gasteiger partial charge is 0.410 e. The molecule has 0 bridgehead atoms. The van der Waals surface area contributed by atoms with E-state index >= 15 is 0 Å². The zero-order valence-electron chi connectivity index (χ0n) is 17.4. The summed E-state index contributed by atoms with van der Waals surface area (Å²) in [7, 11) is 0. The Morgan fingerprint density at radius 3 is 2.03 bits per heavy atom. The lowest BCUT2D eigenvalue weighted by Gasteiger charge is -2.31. The van der Waals surface area contributed by atoms with Gasteiger partial charge in [0.2, 0.25) is 0 Å². The van der Waals surface area contributed by atoms with E-state index in [9.17, 15) is 9.59 Å². The van der Waals surface area contributed by atoms with Crippen molar-refractivity contribution in [2.45, 2.75) is 25.5 Å². The molecule has 3 aromatic carbocycles. The summed E-state index contributed by atoms with van der Waals surface area (Å²) in [4.78, 5) is 26.6. The van der Waals surface area contributed by atoms with Gasteiger partial charge < -0.3 is 15.0 Å². The molecule has 5 heteroatoms. The molecule has 0 atom stereocenters. The fraction of sp³-hybridized carbons (Fsp3) is 0.231. The number of ether oxygens (including phenoxy) is 1. The predicted molar refractivity (Wildman–Crippen MR) is 121 cm³/mol. The molecule has 4 rings (SSSR count). The van der Waals surface area contributed by atoms with Crippen LogP contribution in [-0.2, 0) is 11.3 Å². The zero-order chi connectivity index (χ0) is 21.5. The Labute approximate surface area is 182 Å². The molecule has 1 aliphatic heterocycles. The number of nitrogens with zero attached hydrogens (tertiary/aromatic N) is 1. The molecular weight excluding hydrogens is 388 g/mol. The van der Waals surface area contributed by atoms with Crippen molar-refractivity contribution in [2.75, 3.05) is 13.1 Å². The Morgan fingerprint density at radius 2 is 1.39 bits per heavy atom. The molecular formula is C26H26N2O3. The molecule has 5 nitrogen and oxygen atoms in total. The van der Waals surface area contributed by atoms with Gasteiger partial charge >= 0.3 is 6.09 Å². The molecule has 0 aromatic heterocycles. The van der Waals surface area contributed by atoms with E-state index in [1.54, 1.807) is 4.90 Å². The zero-order valence-corrected chi connectivity index (χ0v) is 17.4. The molecule has 1 N–H and O–H groups in total. The minimum absolute atomic E-state index is 0.0551. The van der Waals surface area contributed by atoms with Crippen LogP contribution < -0.4 is 5.32 Å². The fourth-order valence-corrected chi connectivity index (χ4v) is 3.73.